The first-order valence-electron chi connectivity index (χ1n) is 9.88. The van der Waals surface area contributed by atoms with E-state index in [2.05, 4.69) is 16.2 Å². The Labute approximate surface area is 150 Å². The predicted octanol–water partition coefficient (Wildman–Crippen LogP) is 1.80. The van der Waals surface area contributed by atoms with Crippen LogP contribution in [-0.4, -0.2) is 56.0 Å². The average Bonchev–Trinajstić information content (AvgIpc) is 2.99. The first-order valence-corrected chi connectivity index (χ1v) is 10.3. The van der Waals surface area contributed by atoms with E-state index in [-0.39, 0.29) is 5.38 Å². The smallest absolute Gasteiger partial charge is 0.0594 e. The number of rotatable bonds is 0. The molecule has 6 heteroatoms. The third-order valence-electron chi connectivity index (χ3n) is 6.38. The lowest BCUT2D eigenvalue weighted by Gasteiger charge is -2.39. The minimum atomic E-state index is 0.244. The van der Waals surface area contributed by atoms with Crippen molar-refractivity contribution >= 4 is 11.6 Å². The fourth-order valence-electron chi connectivity index (χ4n) is 5.21. The Balaban J connectivity index is 1.47. The molecule has 4 rings (SSSR count). The van der Waals surface area contributed by atoms with Crippen LogP contribution < -0.4 is 16.2 Å². The molecule has 7 unspecified atom stereocenters. The quantitative estimate of drug-likeness (QED) is 0.577. The van der Waals surface area contributed by atoms with Crippen molar-refractivity contribution in [1.82, 2.24) is 16.2 Å². The summed E-state index contributed by atoms with van der Waals surface area (Å²) in [6.45, 7) is 3.59. The van der Waals surface area contributed by atoms with E-state index in [1.807, 2.05) is 0 Å². The molecule has 24 heavy (non-hydrogen) atoms. The van der Waals surface area contributed by atoms with Crippen molar-refractivity contribution in [3.05, 3.63) is 0 Å². The van der Waals surface area contributed by atoms with Gasteiger partial charge in [0.25, 0.3) is 0 Å². The molecule has 4 bridgehead atoms. The molecule has 2 heterocycles. The maximum atomic E-state index is 6.60. The second-order valence-corrected chi connectivity index (χ2v) is 8.67. The highest BCUT2D eigenvalue weighted by atomic mass is 35.5. The molecule has 138 valence electrons. The maximum Gasteiger partial charge on any atom is 0.0594 e. The maximum absolute atomic E-state index is 6.60. The summed E-state index contributed by atoms with van der Waals surface area (Å²) in [7, 11) is 0. The number of hydrogen-bond donors (Lipinski definition) is 3. The molecule has 0 aromatic heterocycles. The summed E-state index contributed by atoms with van der Waals surface area (Å²) in [6.07, 6.45) is 8.65. The Morgan fingerprint density at radius 2 is 1.75 bits per heavy atom. The van der Waals surface area contributed by atoms with Gasteiger partial charge in [0, 0.05) is 30.6 Å². The summed E-state index contributed by atoms with van der Waals surface area (Å²) in [4.78, 5) is 0. The van der Waals surface area contributed by atoms with Crippen LogP contribution in [0.15, 0.2) is 0 Å². The lowest BCUT2D eigenvalue weighted by Crippen LogP contribution is -2.45. The third kappa shape index (κ3) is 4.08. The monoisotopic (exact) mass is 357 g/mol. The molecule has 0 amide bonds. The van der Waals surface area contributed by atoms with Crippen molar-refractivity contribution in [3.63, 3.8) is 0 Å². The van der Waals surface area contributed by atoms with Crippen molar-refractivity contribution < 1.29 is 9.47 Å². The highest BCUT2D eigenvalue weighted by Gasteiger charge is 2.45. The number of nitrogens with one attached hydrogen (secondary N) is 3. The van der Waals surface area contributed by atoms with Crippen LogP contribution in [0.5, 0.6) is 0 Å². The van der Waals surface area contributed by atoms with Gasteiger partial charge in [-0.3, -0.25) is 10.9 Å². The SMILES string of the molecule is ClC1CC2CC(C1)C1NNC3CCC(CC31)OCCCNCCO2. The molecule has 3 N–H and O–H groups in total. The van der Waals surface area contributed by atoms with E-state index in [0.717, 1.165) is 52.0 Å². The van der Waals surface area contributed by atoms with Gasteiger partial charge < -0.3 is 14.8 Å². The average molecular weight is 358 g/mol. The van der Waals surface area contributed by atoms with Crippen molar-refractivity contribution in [2.24, 2.45) is 11.8 Å². The van der Waals surface area contributed by atoms with E-state index in [1.54, 1.807) is 0 Å². The molecule has 0 radical (unpaired) electrons. The number of fused-ring (bicyclic) bond motifs is 4. The van der Waals surface area contributed by atoms with E-state index >= 15 is 0 Å². The Kier molecular flexibility index (Phi) is 5.97. The predicted molar refractivity (Wildman–Crippen MR) is 95.1 cm³/mol. The van der Waals surface area contributed by atoms with E-state index in [0.29, 0.717) is 36.1 Å². The van der Waals surface area contributed by atoms with E-state index in [1.165, 1.54) is 19.3 Å². The Hall–Kier alpha value is 0.0900. The number of alkyl halides is 1. The van der Waals surface area contributed by atoms with Gasteiger partial charge in [0.15, 0.2) is 0 Å². The fourth-order valence-corrected chi connectivity index (χ4v) is 5.64. The zero-order valence-corrected chi connectivity index (χ0v) is 15.3. The van der Waals surface area contributed by atoms with Crippen LogP contribution >= 0.6 is 11.6 Å². The molecule has 2 saturated heterocycles. The van der Waals surface area contributed by atoms with Crippen molar-refractivity contribution in [2.75, 3.05) is 26.3 Å². The molecule has 2 saturated carbocycles. The molecule has 5 nitrogen and oxygen atoms in total. The van der Waals surface area contributed by atoms with Gasteiger partial charge in [-0.15, -0.1) is 11.6 Å². The number of ether oxygens (including phenoxy) is 2. The first-order chi connectivity index (χ1) is 11.8. The largest absolute Gasteiger partial charge is 0.378 e. The van der Waals surface area contributed by atoms with Crippen molar-refractivity contribution in [2.45, 2.75) is 74.6 Å². The minimum absolute atomic E-state index is 0.244. The molecule has 0 aromatic carbocycles. The van der Waals surface area contributed by atoms with E-state index in [4.69, 9.17) is 21.1 Å². The summed E-state index contributed by atoms with van der Waals surface area (Å²) in [6, 6.07) is 1.11. The highest BCUT2D eigenvalue weighted by molar-refractivity contribution is 6.20. The van der Waals surface area contributed by atoms with Crippen molar-refractivity contribution in [3.8, 4) is 0 Å². The molecular weight excluding hydrogens is 326 g/mol. The normalized spacial score (nSPS) is 47.6. The summed E-state index contributed by atoms with van der Waals surface area (Å²) >= 11 is 6.60. The van der Waals surface area contributed by atoms with Gasteiger partial charge in [0.2, 0.25) is 0 Å². The summed E-state index contributed by atoms with van der Waals surface area (Å²) in [5.74, 6) is 1.27. The molecule has 7 atom stereocenters. The van der Waals surface area contributed by atoms with Crippen LogP contribution in [0.4, 0.5) is 0 Å². The van der Waals surface area contributed by atoms with Gasteiger partial charge in [0.1, 0.15) is 0 Å². The lowest BCUT2D eigenvalue weighted by molar-refractivity contribution is -0.00556. The van der Waals surface area contributed by atoms with E-state index < -0.39 is 0 Å². The van der Waals surface area contributed by atoms with Crippen LogP contribution in [0, 0.1) is 11.8 Å². The van der Waals surface area contributed by atoms with Crippen LogP contribution in [-0.2, 0) is 9.47 Å². The number of hydrazine groups is 1. The second kappa shape index (κ2) is 8.19. The van der Waals surface area contributed by atoms with E-state index in [9.17, 15) is 0 Å². The van der Waals surface area contributed by atoms with Gasteiger partial charge in [-0.05, 0) is 63.3 Å². The number of hydrogen-bond acceptors (Lipinski definition) is 5. The molecule has 0 spiro atoms. The topological polar surface area (TPSA) is 54.5 Å². The number of halogens is 1. The van der Waals surface area contributed by atoms with Gasteiger partial charge in [-0.25, -0.2) is 0 Å². The zero-order valence-electron chi connectivity index (χ0n) is 14.5. The summed E-state index contributed by atoms with van der Waals surface area (Å²) < 4.78 is 12.3. The minimum Gasteiger partial charge on any atom is -0.378 e. The Morgan fingerprint density at radius 1 is 0.833 bits per heavy atom. The molecular formula is C18H32ClN3O2. The second-order valence-electron chi connectivity index (χ2n) is 8.05. The summed E-state index contributed by atoms with van der Waals surface area (Å²) in [5.41, 5.74) is 7.19. The van der Waals surface area contributed by atoms with Crippen LogP contribution in [0.3, 0.4) is 0 Å². The van der Waals surface area contributed by atoms with Crippen molar-refractivity contribution in [1.29, 1.82) is 0 Å². The zero-order chi connectivity index (χ0) is 16.4. The first kappa shape index (κ1) is 17.5. The molecule has 2 aliphatic carbocycles. The fraction of sp³-hybridized carbons (Fsp3) is 1.00. The van der Waals surface area contributed by atoms with Gasteiger partial charge in [0.05, 0.1) is 18.8 Å². The van der Waals surface area contributed by atoms with Gasteiger partial charge >= 0.3 is 0 Å². The summed E-state index contributed by atoms with van der Waals surface area (Å²) in [5, 5.41) is 3.71. The molecule has 0 aromatic rings. The molecule has 4 fully saturated rings. The molecule has 4 aliphatic rings. The third-order valence-corrected chi connectivity index (χ3v) is 6.74. The van der Waals surface area contributed by atoms with Crippen LogP contribution in [0.1, 0.15) is 44.9 Å². The lowest BCUT2D eigenvalue weighted by atomic mass is 9.72. The van der Waals surface area contributed by atoms with Crippen LogP contribution in [0.25, 0.3) is 0 Å². The van der Waals surface area contributed by atoms with Crippen LogP contribution in [0.2, 0.25) is 0 Å². The van der Waals surface area contributed by atoms with Gasteiger partial charge in [-0.2, -0.15) is 0 Å². The standard InChI is InChI=1S/C18H32ClN3O2/c19-13-8-12-9-15(10-13)24-7-5-20-4-1-6-23-14-2-3-17-16(11-14)18(12)22-21-17/h12-18,20-22H,1-11H2. The molecule has 2 aliphatic heterocycles. The van der Waals surface area contributed by atoms with Gasteiger partial charge in [-0.1, -0.05) is 0 Å². The Bertz CT molecular complexity index is 414. The highest BCUT2D eigenvalue weighted by Crippen LogP contribution is 2.40. The Morgan fingerprint density at radius 3 is 2.71 bits per heavy atom.